The van der Waals surface area contributed by atoms with E-state index in [4.69, 9.17) is 9.47 Å². The highest BCUT2D eigenvalue weighted by Crippen LogP contribution is 2.37. The van der Waals surface area contributed by atoms with Gasteiger partial charge in [-0.3, -0.25) is 5.32 Å². The van der Waals surface area contributed by atoms with Crippen LogP contribution in [0.1, 0.15) is 0 Å². The minimum atomic E-state index is -0.369. The Hall–Kier alpha value is -2.80. The molecule has 3 aromatic rings. The van der Waals surface area contributed by atoms with E-state index in [2.05, 4.69) is 15.6 Å². The zero-order chi connectivity index (χ0) is 15.6. The van der Waals surface area contributed by atoms with Crippen molar-refractivity contribution in [3.63, 3.8) is 0 Å². The largest absolute Gasteiger partial charge is 0.486 e. The van der Waals surface area contributed by atoms with Crippen molar-refractivity contribution in [3.05, 3.63) is 42.5 Å². The number of nitrogens with one attached hydrogen (secondary N) is 2. The number of anilines is 2. The summed E-state index contributed by atoms with van der Waals surface area (Å²) in [5, 5.41) is 6.07. The van der Waals surface area contributed by atoms with E-state index in [0.29, 0.717) is 35.5 Å². The molecular formula is C16H13N3O3S. The third-order valence-corrected chi connectivity index (χ3v) is 4.28. The van der Waals surface area contributed by atoms with Crippen LogP contribution in [-0.4, -0.2) is 24.2 Å². The van der Waals surface area contributed by atoms with Gasteiger partial charge in [-0.15, -0.1) is 0 Å². The molecule has 0 aliphatic carbocycles. The fourth-order valence-corrected chi connectivity index (χ4v) is 3.21. The topological polar surface area (TPSA) is 72.5 Å². The molecule has 0 saturated carbocycles. The first-order valence-electron chi connectivity index (χ1n) is 7.12. The Morgan fingerprint density at radius 2 is 1.91 bits per heavy atom. The molecule has 0 bridgehead atoms. The number of carbonyl (C=O) groups is 1. The van der Waals surface area contributed by atoms with Gasteiger partial charge in [0.1, 0.15) is 13.2 Å². The Morgan fingerprint density at radius 1 is 1.04 bits per heavy atom. The SMILES string of the molecule is O=C(Nc1nc2ccccc2s1)Nc1cccc2c1OCCO2. The molecule has 1 aliphatic heterocycles. The molecule has 0 radical (unpaired) electrons. The molecule has 2 amide bonds. The maximum Gasteiger partial charge on any atom is 0.325 e. The van der Waals surface area contributed by atoms with Gasteiger partial charge in [0.2, 0.25) is 0 Å². The van der Waals surface area contributed by atoms with Gasteiger partial charge in [-0.2, -0.15) is 0 Å². The van der Waals surface area contributed by atoms with Gasteiger partial charge in [-0.1, -0.05) is 29.5 Å². The van der Waals surface area contributed by atoms with Crippen LogP contribution in [0.25, 0.3) is 10.2 Å². The summed E-state index contributed by atoms with van der Waals surface area (Å²) in [5.74, 6) is 1.19. The lowest BCUT2D eigenvalue weighted by atomic mass is 10.2. The average molecular weight is 327 g/mol. The predicted octanol–water partition coefficient (Wildman–Crippen LogP) is 3.71. The number of thiazole rings is 1. The summed E-state index contributed by atoms with van der Waals surface area (Å²) in [6.45, 7) is 0.972. The average Bonchev–Trinajstić information content (AvgIpc) is 2.97. The van der Waals surface area contributed by atoms with Crippen LogP contribution in [0.4, 0.5) is 15.6 Å². The summed E-state index contributed by atoms with van der Waals surface area (Å²) < 4.78 is 12.1. The second kappa shape index (κ2) is 5.77. The second-order valence-electron chi connectivity index (χ2n) is 4.90. The fourth-order valence-electron chi connectivity index (χ4n) is 2.35. The summed E-state index contributed by atoms with van der Waals surface area (Å²) in [6, 6.07) is 12.8. The molecule has 23 heavy (non-hydrogen) atoms. The van der Waals surface area contributed by atoms with Crippen molar-refractivity contribution in [2.24, 2.45) is 0 Å². The fraction of sp³-hybridized carbons (Fsp3) is 0.125. The minimum absolute atomic E-state index is 0.369. The highest BCUT2D eigenvalue weighted by atomic mass is 32.1. The van der Waals surface area contributed by atoms with Gasteiger partial charge >= 0.3 is 6.03 Å². The van der Waals surface area contributed by atoms with Crippen LogP contribution in [0.5, 0.6) is 11.5 Å². The number of nitrogens with zero attached hydrogens (tertiary/aromatic N) is 1. The number of hydrogen-bond donors (Lipinski definition) is 2. The number of benzene rings is 2. The number of hydrogen-bond acceptors (Lipinski definition) is 5. The van der Waals surface area contributed by atoms with Gasteiger partial charge in [-0.05, 0) is 24.3 Å². The highest BCUT2D eigenvalue weighted by molar-refractivity contribution is 7.22. The summed E-state index contributed by atoms with van der Waals surface area (Å²) in [4.78, 5) is 16.6. The lowest BCUT2D eigenvalue weighted by Gasteiger charge is -2.20. The smallest absolute Gasteiger partial charge is 0.325 e. The first-order chi connectivity index (χ1) is 11.3. The van der Waals surface area contributed by atoms with E-state index in [1.54, 1.807) is 12.1 Å². The molecule has 2 aromatic carbocycles. The molecule has 1 aromatic heterocycles. The molecular weight excluding hydrogens is 314 g/mol. The second-order valence-corrected chi connectivity index (χ2v) is 5.93. The third-order valence-electron chi connectivity index (χ3n) is 3.33. The number of rotatable bonds is 2. The lowest BCUT2D eigenvalue weighted by Crippen LogP contribution is -2.22. The number of urea groups is 1. The highest BCUT2D eigenvalue weighted by Gasteiger charge is 2.17. The Kier molecular flexibility index (Phi) is 3.47. The van der Waals surface area contributed by atoms with Crippen LogP contribution in [0.2, 0.25) is 0 Å². The molecule has 0 spiro atoms. The van der Waals surface area contributed by atoms with Gasteiger partial charge < -0.3 is 14.8 Å². The molecule has 2 N–H and O–H groups in total. The molecule has 0 atom stereocenters. The lowest BCUT2D eigenvalue weighted by molar-refractivity contribution is 0.172. The zero-order valence-electron chi connectivity index (χ0n) is 12.0. The van der Waals surface area contributed by atoms with E-state index >= 15 is 0 Å². The van der Waals surface area contributed by atoms with E-state index in [-0.39, 0.29) is 6.03 Å². The number of para-hydroxylation sites is 2. The number of carbonyl (C=O) groups excluding carboxylic acids is 1. The van der Waals surface area contributed by atoms with Gasteiger partial charge in [0.25, 0.3) is 0 Å². The molecule has 2 heterocycles. The third kappa shape index (κ3) is 2.78. The van der Waals surface area contributed by atoms with Crippen molar-refractivity contribution < 1.29 is 14.3 Å². The number of aromatic nitrogens is 1. The van der Waals surface area contributed by atoms with E-state index < -0.39 is 0 Å². The summed E-state index contributed by atoms with van der Waals surface area (Å²) in [5.41, 5.74) is 1.43. The normalized spacial score (nSPS) is 12.9. The quantitative estimate of drug-likeness (QED) is 0.752. The molecule has 0 saturated heterocycles. The maximum atomic E-state index is 12.2. The van der Waals surface area contributed by atoms with E-state index in [9.17, 15) is 4.79 Å². The number of fused-ring (bicyclic) bond motifs is 2. The maximum absolute atomic E-state index is 12.2. The van der Waals surface area contributed by atoms with Crippen LogP contribution < -0.4 is 20.1 Å². The van der Waals surface area contributed by atoms with Crippen molar-refractivity contribution in [1.82, 2.24) is 4.98 Å². The van der Waals surface area contributed by atoms with E-state index in [1.165, 1.54) is 11.3 Å². The Bertz CT molecular complexity index is 845. The van der Waals surface area contributed by atoms with Crippen molar-refractivity contribution >= 4 is 38.4 Å². The first kappa shape index (κ1) is 13.8. The van der Waals surface area contributed by atoms with Gasteiger partial charge in [0.05, 0.1) is 15.9 Å². The zero-order valence-corrected chi connectivity index (χ0v) is 12.9. The van der Waals surface area contributed by atoms with Crippen molar-refractivity contribution in [3.8, 4) is 11.5 Å². The van der Waals surface area contributed by atoms with E-state index in [0.717, 1.165) is 10.2 Å². The van der Waals surface area contributed by atoms with Crippen LogP contribution in [0, 0.1) is 0 Å². The number of amides is 2. The molecule has 1 aliphatic rings. The number of ether oxygens (including phenoxy) is 2. The molecule has 0 unspecified atom stereocenters. The Labute approximate surface area is 136 Å². The molecule has 116 valence electrons. The van der Waals surface area contributed by atoms with Crippen molar-refractivity contribution in [2.75, 3.05) is 23.8 Å². The van der Waals surface area contributed by atoms with Crippen LogP contribution in [-0.2, 0) is 0 Å². The van der Waals surface area contributed by atoms with Gasteiger partial charge in [-0.25, -0.2) is 9.78 Å². The molecule has 4 rings (SSSR count). The van der Waals surface area contributed by atoms with Crippen LogP contribution in [0.15, 0.2) is 42.5 Å². The summed E-state index contributed by atoms with van der Waals surface area (Å²) in [7, 11) is 0. The standard InChI is InChI=1S/C16H13N3O3S/c20-15(19-16-18-10-4-1-2-7-13(10)23-16)17-11-5-3-6-12-14(11)22-9-8-21-12/h1-7H,8-9H2,(H2,17,18,19,20). The van der Waals surface area contributed by atoms with Crippen LogP contribution >= 0.6 is 11.3 Å². The minimum Gasteiger partial charge on any atom is -0.486 e. The Balaban J connectivity index is 1.52. The van der Waals surface area contributed by atoms with Crippen LogP contribution in [0.3, 0.4) is 0 Å². The molecule has 7 heteroatoms. The molecule has 0 fully saturated rings. The predicted molar refractivity (Wildman–Crippen MR) is 89.7 cm³/mol. The Morgan fingerprint density at radius 3 is 2.83 bits per heavy atom. The first-order valence-corrected chi connectivity index (χ1v) is 7.93. The monoisotopic (exact) mass is 327 g/mol. The van der Waals surface area contributed by atoms with Gasteiger partial charge in [0.15, 0.2) is 16.6 Å². The van der Waals surface area contributed by atoms with Gasteiger partial charge in [0, 0.05) is 0 Å². The summed E-state index contributed by atoms with van der Waals surface area (Å²) >= 11 is 1.43. The molecule has 6 nitrogen and oxygen atoms in total. The van der Waals surface area contributed by atoms with E-state index in [1.807, 2.05) is 30.3 Å². The summed E-state index contributed by atoms with van der Waals surface area (Å²) in [6.07, 6.45) is 0. The van der Waals surface area contributed by atoms with Crippen molar-refractivity contribution in [2.45, 2.75) is 0 Å². The van der Waals surface area contributed by atoms with Crippen molar-refractivity contribution in [1.29, 1.82) is 0 Å².